The highest BCUT2D eigenvalue weighted by molar-refractivity contribution is 6.30. The van der Waals surface area contributed by atoms with Crippen molar-refractivity contribution in [2.75, 3.05) is 19.4 Å². The van der Waals surface area contributed by atoms with E-state index in [0.717, 1.165) is 21.8 Å². The number of rotatable bonds is 3. The zero-order chi connectivity index (χ0) is 15.2. The number of hydrogen-bond donors (Lipinski definition) is 1. The molecule has 0 atom stereocenters. The molecule has 0 saturated heterocycles. The first-order valence-electron chi connectivity index (χ1n) is 6.56. The number of benzene rings is 2. The summed E-state index contributed by atoms with van der Waals surface area (Å²) >= 11 is 5.86. The van der Waals surface area contributed by atoms with Crippen LogP contribution in [0.2, 0.25) is 5.02 Å². The average molecular weight is 301 g/mol. The highest BCUT2D eigenvalue weighted by Crippen LogP contribution is 2.15. The number of nitrogens with one attached hydrogen (secondary N) is 1. The van der Waals surface area contributed by atoms with Gasteiger partial charge in [-0.2, -0.15) is 0 Å². The van der Waals surface area contributed by atoms with Crippen molar-refractivity contribution in [3.05, 3.63) is 64.7 Å². The van der Waals surface area contributed by atoms with Gasteiger partial charge in [-0.15, -0.1) is 0 Å². The number of urea groups is 1. The SMILES string of the molecule is CN(C)C(=O)Nc1cccc(/C=C/c2ccc(Cl)cc2)c1. The summed E-state index contributed by atoms with van der Waals surface area (Å²) in [4.78, 5) is 13.1. The van der Waals surface area contributed by atoms with Crippen LogP contribution in [0, 0.1) is 0 Å². The Balaban J connectivity index is 2.10. The molecule has 2 rings (SSSR count). The quantitative estimate of drug-likeness (QED) is 0.825. The molecule has 0 aliphatic heterocycles. The summed E-state index contributed by atoms with van der Waals surface area (Å²) in [5.74, 6) is 0. The molecular formula is C17H17ClN2O. The third-order valence-electron chi connectivity index (χ3n) is 2.88. The zero-order valence-electron chi connectivity index (χ0n) is 12.0. The minimum absolute atomic E-state index is 0.145. The van der Waals surface area contributed by atoms with Gasteiger partial charge in [-0.05, 0) is 35.4 Å². The van der Waals surface area contributed by atoms with E-state index in [-0.39, 0.29) is 6.03 Å². The van der Waals surface area contributed by atoms with E-state index in [1.807, 2.05) is 60.7 Å². The van der Waals surface area contributed by atoms with Crippen molar-refractivity contribution in [3.63, 3.8) is 0 Å². The predicted molar refractivity (Wildman–Crippen MR) is 89.5 cm³/mol. The van der Waals surface area contributed by atoms with Crippen molar-refractivity contribution in [2.45, 2.75) is 0 Å². The summed E-state index contributed by atoms with van der Waals surface area (Å²) in [6.45, 7) is 0. The summed E-state index contributed by atoms with van der Waals surface area (Å²) < 4.78 is 0. The lowest BCUT2D eigenvalue weighted by atomic mass is 10.1. The number of halogens is 1. The number of carbonyl (C=O) groups excluding carboxylic acids is 1. The topological polar surface area (TPSA) is 32.3 Å². The Kier molecular flexibility index (Phi) is 5.01. The van der Waals surface area contributed by atoms with Crippen LogP contribution in [0.15, 0.2) is 48.5 Å². The van der Waals surface area contributed by atoms with Crippen molar-refractivity contribution < 1.29 is 4.79 Å². The normalized spacial score (nSPS) is 10.6. The van der Waals surface area contributed by atoms with Crippen LogP contribution >= 0.6 is 11.6 Å². The van der Waals surface area contributed by atoms with Gasteiger partial charge in [0.05, 0.1) is 0 Å². The van der Waals surface area contributed by atoms with E-state index < -0.39 is 0 Å². The Morgan fingerprint density at radius 2 is 1.71 bits per heavy atom. The van der Waals surface area contributed by atoms with Gasteiger partial charge in [-0.25, -0.2) is 4.79 Å². The van der Waals surface area contributed by atoms with Crippen LogP contribution in [0.5, 0.6) is 0 Å². The van der Waals surface area contributed by atoms with Gasteiger partial charge in [-0.1, -0.05) is 48.0 Å². The maximum atomic E-state index is 11.6. The van der Waals surface area contributed by atoms with Gasteiger partial charge >= 0.3 is 6.03 Å². The molecule has 0 spiro atoms. The van der Waals surface area contributed by atoms with Gasteiger partial charge in [0.15, 0.2) is 0 Å². The fraction of sp³-hybridized carbons (Fsp3) is 0.118. The van der Waals surface area contributed by atoms with Crippen molar-refractivity contribution in [3.8, 4) is 0 Å². The van der Waals surface area contributed by atoms with Crippen molar-refractivity contribution in [1.82, 2.24) is 4.90 Å². The molecule has 21 heavy (non-hydrogen) atoms. The third kappa shape index (κ3) is 4.65. The molecule has 0 fully saturated rings. The highest BCUT2D eigenvalue weighted by Gasteiger charge is 2.03. The van der Waals surface area contributed by atoms with Crippen molar-refractivity contribution >= 4 is 35.5 Å². The lowest BCUT2D eigenvalue weighted by Crippen LogP contribution is -2.27. The third-order valence-corrected chi connectivity index (χ3v) is 3.13. The van der Waals surface area contributed by atoms with E-state index >= 15 is 0 Å². The average Bonchev–Trinajstić information content (AvgIpc) is 2.47. The fourth-order valence-electron chi connectivity index (χ4n) is 1.72. The smallest absolute Gasteiger partial charge is 0.321 e. The van der Waals surface area contributed by atoms with Gasteiger partial charge in [0.2, 0.25) is 0 Å². The zero-order valence-corrected chi connectivity index (χ0v) is 12.8. The first-order valence-corrected chi connectivity index (χ1v) is 6.94. The molecule has 2 amide bonds. The van der Waals surface area contributed by atoms with Crippen LogP contribution in [0.25, 0.3) is 12.2 Å². The molecule has 2 aromatic rings. The van der Waals surface area contributed by atoms with E-state index in [1.165, 1.54) is 4.90 Å². The Bertz CT molecular complexity index is 648. The molecule has 0 saturated carbocycles. The molecule has 0 aliphatic rings. The van der Waals surface area contributed by atoms with Crippen LogP contribution in [0.4, 0.5) is 10.5 Å². The monoisotopic (exact) mass is 300 g/mol. The lowest BCUT2D eigenvalue weighted by Gasteiger charge is -2.12. The fourth-order valence-corrected chi connectivity index (χ4v) is 1.85. The molecule has 0 aromatic heterocycles. The molecule has 0 bridgehead atoms. The second-order valence-corrected chi connectivity index (χ2v) is 5.27. The van der Waals surface area contributed by atoms with Gasteiger partial charge in [0.1, 0.15) is 0 Å². The molecular weight excluding hydrogens is 284 g/mol. The molecule has 0 unspecified atom stereocenters. The highest BCUT2D eigenvalue weighted by atomic mass is 35.5. The maximum absolute atomic E-state index is 11.6. The Hall–Kier alpha value is -2.26. The predicted octanol–water partition coefficient (Wildman–Crippen LogP) is 4.60. The molecule has 108 valence electrons. The Morgan fingerprint density at radius 3 is 2.38 bits per heavy atom. The largest absolute Gasteiger partial charge is 0.331 e. The molecule has 4 heteroatoms. The Labute approximate surface area is 129 Å². The second-order valence-electron chi connectivity index (χ2n) is 4.83. The van der Waals surface area contributed by atoms with E-state index in [0.29, 0.717) is 0 Å². The summed E-state index contributed by atoms with van der Waals surface area (Å²) in [6, 6.07) is 15.2. The molecule has 0 heterocycles. The first kappa shape index (κ1) is 15.1. The molecule has 0 aliphatic carbocycles. The summed E-state index contributed by atoms with van der Waals surface area (Å²) in [5.41, 5.74) is 2.86. The molecule has 1 N–H and O–H groups in total. The number of anilines is 1. The van der Waals surface area contributed by atoms with E-state index in [9.17, 15) is 4.79 Å². The van der Waals surface area contributed by atoms with Crippen LogP contribution in [-0.4, -0.2) is 25.0 Å². The van der Waals surface area contributed by atoms with Gasteiger partial charge in [-0.3, -0.25) is 0 Å². The molecule has 3 nitrogen and oxygen atoms in total. The van der Waals surface area contributed by atoms with Gasteiger partial charge < -0.3 is 10.2 Å². The minimum Gasteiger partial charge on any atom is -0.331 e. The van der Waals surface area contributed by atoms with Crippen LogP contribution < -0.4 is 5.32 Å². The first-order chi connectivity index (χ1) is 10.0. The summed E-state index contributed by atoms with van der Waals surface area (Å²) in [6.07, 6.45) is 4.00. The van der Waals surface area contributed by atoms with Crippen LogP contribution in [0.3, 0.4) is 0 Å². The van der Waals surface area contributed by atoms with Crippen molar-refractivity contribution in [1.29, 1.82) is 0 Å². The number of carbonyl (C=O) groups is 1. The molecule has 2 aromatic carbocycles. The van der Waals surface area contributed by atoms with Crippen LogP contribution in [0.1, 0.15) is 11.1 Å². The summed E-state index contributed by atoms with van der Waals surface area (Å²) in [7, 11) is 3.42. The van der Waals surface area contributed by atoms with E-state index in [4.69, 9.17) is 11.6 Å². The number of hydrogen-bond acceptors (Lipinski definition) is 1. The van der Waals surface area contributed by atoms with Crippen LogP contribution in [-0.2, 0) is 0 Å². The standard InChI is InChI=1S/C17H17ClN2O/c1-20(2)17(21)19-16-5-3-4-14(12-16)7-6-13-8-10-15(18)11-9-13/h3-12H,1-2H3,(H,19,21)/b7-6+. The van der Waals surface area contributed by atoms with Gasteiger partial charge in [0.25, 0.3) is 0 Å². The number of amides is 2. The lowest BCUT2D eigenvalue weighted by molar-refractivity contribution is 0.230. The molecule has 0 radical (unpaired) electrons. The second kappa shape index (κ2) is 6.95. The Morgan fingerprint density at radius 1 is 1.05 bits per heavy atom. The summed E-state index contributed by atoms with van der Waals surface area (Å²) in [5, 5.41) is 3.55. The minimum atomic E-state index is -0.145. The number of nitrogens with zero attached hydrogens (tertiary/aromatic N) is 1. The maximum Gasteiger partial charge on any atom is 0.321 e. The van der Waals surface area contributed by atoms with Crippen molar-refractivity contribution in [2.24, 2.45) is 0 Å². The van der Waals surface area contributed by atoms with E-state index in [1.54, 1.807) is 14.1 Å². The van der Waals surface area contributed by atoms with E-state index in [2.05, 4.69) is 5.32 Å². The van der Waals surface area contributed by atoms with Gasteiger partial charge in [0, 0.05) is 24.8 Å².